The molecule has 140 valence electrons. The van der Waals surface area contributed by atoms with E-state index in [1.54, 1.807) is 0 Å². The molecule has 4 nitrogen and oxygen atoms in total. The molecule has 2 unspecified atom stereocenters. The maximum absolute atomic E-state index is 12.2. The molecule has 5 heteroatoms. The van der Waals surface area contributed by atoms with Gasteiger partial charge in [-0.2, -0.15) is 0 Å². The van der Waals surface area contributed by atoms with E-state index in [1.165, 1.54) is 5.56 Å². The van der Waals surface area contributed by atoms with Crippen LogP contribution in [0.1, 0.15) is 37.3 Å². The number of ether oxygens (including phenoxy) is 1. The summed E-state index contributed by atoms with van der Waals surface area (Å²) in [6.45, 7) is 4.88. The van der Waals surface area contributed by atoms with Crippen LogP contribution >= 0.6 is 12.4 Å². The van der Waals surface area contributed by atoms with Crippen molar-refractivity contribution in [3.05, 3.63) is 65.7 Å². The number of amides is 1. The van der Waals surface area contributed by atoms with Gasteiger partial charge in [0.1, 0.15) is 12.4 Å². The molecule has 1 saturated carbocycles. The lowest BCUT2D eigenvalue weighted by atomic mass is 10.1. The number of rotatable bonds is 7. The predicted octanol–water partition coefficient (Wildman–Crippen LogP) is 3.64. The highest BCUT2D eigenvalue weighted by Gasteiger charge is 2.43. The van der Waals surface area contributed by atoms with E-state index in [2.05, 4.69) is 17.4 Å². The highest BCUT2D eigenvalue weighted by atomic mass is 35.5. The van der Waals surface area contributed by atoms with E-state index in [4.69, 9.17) is 10.5 Å². The molecule has 3 N–H and O–H groups in total. The molecule has 0 bridgehead atoms. The number of hydrogen-bond acceptors (Lipinski definition) is 3. The minimum Gasteiger partial charge on any atom is -0.489 e. The second-order valence-corrected chi connectivity index (χ2v) is 7.50. The Balaban J connectivity index is 0.00000243. The van der Waals surface area contributed by atoms with Gasteiger partial charge in [-0.3, -0.25) is 4.79 Å². The third kappa shape index (κ3) is 5.75. The largest absolute Gasteiger partial charge is 0.489 e. The Kier molecular flexibility index (Phi) is 6.68. The fourth-order valence-electron chi connectivity index (χ4n) is 2.85. The number of carbonyl (C=O) groups is 1. The third-order valence-corrected chi connectivity index (χ3v) is 4.40. The van der Waals surface area contributed by atoms with Gasteiger partial charge in [0.05, 0.1) is 0 Å². The molecule has 1 aliphatic carbocycles. The van der Waals surface area contributed by atoms with E-state index in [1.807, 2.05) is 56.3 Å². The number of nitrogens with one attached hydrogen (secondary N) is 1. The zero-order chi connectivity index (χ0) is 17.9. The summed E-state index contributed by atoms with van der Waals surface area (Å²) >= 11 is 0. The topological polar surface area (TPSA) is 64.3 Å². The van der Waals surface area contributed by atoms with Crippen molar-refractivity contribution in [2.75, 3.05) is 6.54 Å². The van der Waals surface area contributed by atoms with Gasteiger partial charge >= 0.3 is 0 Å². The molecule has 2 aromatic carbocycles. The van der Waals surface area contributed by atoms with Gasteiger partial charge in [0.15, 0.2) is 0 Å². The van der Waals surface area contributed by atoms with Crippen molar-refractivity contribution in [1.82, 2.24) is 5.32 Å². The van der Waals surface area contributed by atoms with Crippen LogP contribution in [-0.2, 0) is 11.4 Å². The summed E-state index contributed by atoms with van der Waals surface area (Å²) in [5, 5.41) is 2.95. The van der Waals surface area contributed by atoms with Crippen LogP contribution in [0.2, 0.25) is 0 Å². The molecule has 1 aliphatic rings. The summed E-state index contributed by atoms with van der Waals surface area (Å²) in [7, 11) is 0. The monoisotopic (exact) mass is 374 g/mol. The fraction of sp³-hybridized carbons (Fsp3) is 0.381. The molecular formula is C21H27ClN2O2. The maximum Gasteiger partial charge on any atom is 0.223 e. The summed E-state index contributed by atoms with van der Waals surface area (Å²) < 4.78 is 5.80. The van der Waals surface area contributed by atoms with Crippen molar-refractivity contribution in [2.45, 2.75) is 38.3 Å². The normalized spacial score (nSPS) is 18.6. The van der Waals surface area contributed by atoms with Crippen molar-refractivity contribution in [1.29, 1.82) is 0 Å². The van der Waals surface area contributed by atoms with Crippen molar-refractivity contribution >= 4 is 18.3 Å². The van der Waals surface area contributed by atoms with E-state index >= 15 is 0 Å². The molecular weight excluding hydrogens is 348 g/mol. The van der Waals surface area contributed by atoms with Gasteiger partial charge < -0.3 is 15.8 Å². The fourth-order valence-corrected chi connectivity index (χ4v) is 2.85. The summed E-state index contributed by atoms with van der Waals surface area (Å²) in [5.74, 6) is 1.33. The van der Waals surface area contributed by atoms with Crippen LogP contribution in [0.3, 0.4) is 0 Å². The van der Waals surface area contributed by atoms with Crippen LogP contribution in [-0.4, -0.2) is 18.0 Å². The average molecular weight is 375 g/mol. The lowest BCUT2D eigenvalue weighted by Gasteiger charge is -2.18. The van der Waals surface area contributed by atoms with Gasteiger partial charge in [-0.05, 0) is 49.4 Å². The molecule has 1 amide bonds. The minimum atomic E-state index is -0.377. The van der Waals surface area contributed by atoms with Gasteiger partial charge in [-0.15, -0.1) is 12.4 Å². The molecule has 0 spiro atoms. The number of hydrogen-bond donors (Lipinski definition) is 2. The van der Waals surface area contributed by atoms with Crippen molar-refractivity contribution in [3.63, 3.8) is 0 Å². The molecule has 26 heavy (non-hydrogen) atoms. The number of halogens is 1. The lowest BCUT2D eigenvalue weighted by Crippen LogP contribution is -2.45. The van der Waals surface area contributed by atoms with E-state index in [0.717, 1.165) is 17.7 Å². The molecule has 0 aromatic heterocycles. The Bertz CT molecular complexity index is 711. The first kappa shape index (κ1) is 20.3. The smallest absolute Gasteiger partial charge is 0.223 e. The first-order valence-corrected chi connectivity index (χ1v) is 8.76. The highest BCUT2D eigenvalue weighted by Crippen LogP contribution is 2.47. The summed E-state index contributed by atoms with van der Waals surface area (Å²) in [4.78, 5) is 12.2. The first-order chi connectivity index (χ1) is 11.9. The quantitative estimate of drug-likeness (QED) is 0.777. The molecule has 2 atom stereocenters. The number of carbonyl (C=O) groups excluding carboxylic acids is 1. The molecule has 0 aliphatic heterocycles. The van der Waals surface area contributed by atoms with E-state index in [0.29, 0.717) is 19.1 Å². The number of nitrogens with two attached hydrogens (primary N) is 1. The summed E-state index contributed by atoms with van der Waals surface area (Å²) in [6.07, 6.45) is 0.904. The van der Waals surface area contributed by atoms with Crippen molar-refractivity contribution in [2.24, 2.45) is 11.7 Å². The van der Waals surface area contributed by atoms with Crippen LogP contribution in [0.25, 0.3) is 0 Å². The predicted molar refractivity (Wildman–Crippen MR) is 107 cm³/mol. The standard InChI is InChI=1S/C21H26N2O2.ClH/c1-21(2,22)14-23-20(24)19-12-18(19)16-8-10-17(11-9-16)25-13-15-6-4-3-5-7-15;/h3-11,18-19H,12-14,22H2,1-2H3,(H,23,24);1H. The Morgan fingerprint density at radius 1 is 1.15 bits per heavy atom. The molecule has 0 heterocycles. The van der Waals surface area contributed by atoms with Crippen LogP contribution in [0.5, 0.6) is 5.75 Å². The number of benzene rings is 2. The summed E-state index contributed by atoms with van der Waals surface area (Å²) in [6, 6.07) is 18.2. The lowest BCUT2D eigenvalue weighted by molar-refractivity contribution is -0.122. The highest BCUT2D eigenvalue weighted by molar-refractivity contribution is 5.85. The third-order valence-electron chi connectivity index (χ3n) is 4.40. The Morgan fingerprint density at radius 2 is 1.81 bits per heavy atom. The first-order valence-electron chi connectivity index (χ1n) is 8.76. The van der Waals surface area contributed by atoms with Gasteiger partial charge in [-0.25, -0.2) is 0 Å². The van der Waals surface area contributed by atoms with Crippen molar-refractivity contribution < 1.29 is 9.53 Å². The van der Waals surface area contributed by atoms with Gasteiger partial charge in [0.25, 0.3) is 0 Å². The Morgan fingerprint density at radius 3 is 2.42 bits per heavy atom. The Labute approximate surface area is 161 Å². The van der Waals surface area contributed by atoms with Crippen molar-refractivity contribution in [3.8, 4) is 5.75 Å². The molecule has 2 aromatic rings. The second kappa shape index (κ2) is 8.56. The van der Waals surface area contributed by atoms with Crippen LogP contribution in [0, 0.1) is 5.92 Å². The van der Waals surface area contributed by atoms with Crippen LogP contribution < -0.4 is 15.8 Å². The van der Waals surface area contributed by atoms with E-state index in [-0.39, 0.29) is 29.8 Å². The molecule has 1 fully saturated rings. The molecule has 3 rings (SSSR count). The zero-order valence-electron chi connectivity index (χ0n) is 15.3. The molecule has 0 saturated heterocycles. The van der Waals surface area contributed by atoms with E-state index < -0.39 is 0 Å². The summed E-state index contributed by atoms with van der Waals surface area (Å²) in [5.41, 5.74) is 7.87. The van der Waals surface area contributed by atoms with Gasteiger partial charge in [0.2, 0.25) is 5.91 Å². The van der Waals surface area contributed by atoms with Gasteiger partial charge in [-0.1, -0.05) is 42.5 Å². The molecule has 0 radical (unpaired) electrons. The van der Waals surface area contributed by atoms with E-state index in [9.17, 15) is 4.79 Å². The minimum absolute atomic E-state index is 0. The second-order valence-electron chi connectivity index (χ2n) is 7.50. The van der Waals surface area contributed by atoms with Crippen LogP contribution in [0.15, 0.2) is 54.6 Å². The van der Waals surface area contributed by atoms with Gasteiger partial charge in [0, 0.05) is 18.0 Å². The van der Waals surface area contributed by atoms with Crippen LogP contribution in [0.4, 0.5) is 0 Å². The SMILES string of the molecule is CC(C)(N)CNC(=O)C1CC1c1ccc(OCc2ccccc2)cc1.Cl. The Hall–Kier alpha value is -2.04. The average Bonchev–Trinajstić information content (AvgIpc) is 3.39. The maximum atomic E-state index is 12.2. The zero-order valence-corrected chi connectivity index (χ0v) is 16.1.